The number of aryl methyl sites for hydroxylation is 2. The minimum atomic E-state index is -0.305. The number of esters is 1. The van der Waals surface area contributed by atoms with Crippen molar-refractivity contribution in [1.82, 2.24) is 9.97 Å². The summed E-state index contributed by atoms with van der Waals surface area (Å²) in [6, 6.07) is 1.93. The van der Waals surface area contributed by atoms with Crippen LogP contribution in [0.4, 0.5) is 0 Å². The summed E-state index contributed by atoms with van der Waals surface area (Å²) in [5.41, 5.74) is 2.76. The Bertz CT molecular complexity index is 578. The van der Waals surface area contributed by atoms with E-state index in [0.717, 1.165) is 16.1 Å². The summed E-state index contributed by atoms with van der Waals surface area (Å²) in [6.07, 6.45) is 3.51. The zero-order valence-corrected chi connectivity index (χ0v) is 11.4. The number of pyridine rings is 1. The van der Waals surface area contributed by atoms with E-state index < -0.39 is 0 Å². The molecule has 0 saturated heterocycles. The molecule has 2 aromatic heterocycles. The Kier molecular flexibility index (Phi) is 3.72. The van der Waals surface area contributed by atoms with Crippen LogP contribution >= 0.6 is 11.3 Å². The van der Waals surface area contributed by atoms with Gasteiger partial charge in [-0.3, -0.25) is 4.98 Å². The van der Waals surface area contributed by atoms with Crippen molar-refractivity contribution in [2.45, 2.75) is 20.8 Å². The number of rotatable bonds is 3. The second-order valence-corrected chi connectivity index (χ2v) is 4.84. The Morgan fingerprint density at radius 3 is 2.89 bits per heavy atom. The van der Waals surface area contributed by atoms with E-state index in [2.05, 4.69) is 9.97 Å². The topological polar surface area (TPSA) is 52.1 Å². The van der Waals surface area contributed by atoms with E-state index in [4.69, 9.17) is 4.74 Å². The van der Waals surface area contributed by atoms with Gasteiger partial charge in [0.05, 0.1) is 12.3 Å². The molecule has 0 unspecified atom stereocenters. The van der Waals surface area contributed by atoms with E-state index >= 15 is 0 Å². The Morgan fingerprint density at radius 2 is 2.22 bits per heavy atom. The third-order valence-electron chi connectivity index (χ3n) is 2.53. The molecule has 0 radical (unpaired) electrons. The first-order valence-corrected chi connectivity index (χ1v) is 6.50. The van der Waals surface area contributed by atoms with Gasteiger partial charge in [-0.25, -0.2) is 9.78 Å². The minimum Gasteiger partial charge on any atom is -0.462 e. The first-order valence-electron chi connectivity index (χ1n) is 5.69. The average molecular weight is 262 g/mol. The molecular formula is C13H14N2O2S. The SMILES string of the molecule is CCOC(=O)c1sc(-c2cnccc2C)nc1C. The fraction of sp³-hybridized carbons (Fsp3) is 0.308. The van der Waals surface area contributed by atoms with E-state index in [1.165, 1.54) is 11.3 Å². The van der Waals surface area contributed by atoms with Crippen LogP contribution in [0.5, 0.6) is 0 Å². The monoisotopic (exact) mass is 262 g/mol. The molecular weight excluding hydrogens is 248 g/mol. The second kappa shape index (κ2) is 5.27. The van der Waals surface area contributed by atoms with Crippen LogP contribution in [0.1, 0.15) is 27.9 Å². The fourth-order valence-electron chi connectivity index (χ4n) is 1.59. The zero-order valence-electron chi connectivity index (χ0n) is 10.6. The molecule has 0 aliphatic carbocycles. The number of hydrogen-bond acceptors (Lipinski definition) is 5. The van der Waals surface area contributed by atoms with Crippen molar-refractivity contribution in [2.75, 3.05) is 6.61 Å². The number of aromatic nitrogens is 2. The van der Waals surface area contributed by atoms with Crippen molar-refractivity contribution in [1.29, 1.82) is 0 Å². The number of hydrogen-bond donors (Lipinski definition) is 0. The highest BCUT2D eigenvalue weighted by Crippen LogP contribution is 2.29. The second-order valence-electron chi connectivity index (χ2n) is 3.84. The van der Waals surface area contributed by atoms with Crippen LogP contribution in [0, 0.1) is 13.8 Å². The van der Waals surface area contributed by atoms with Gasteiger partial charge in [-0.15, -0.1) is 11.3 Å². The molecule has 0 aliphatic heterocycles. The van der Waals surface area contributed by atoms with Crippen LogP contribution in [-0.2, 0) is 4.74 Å². The van der Waals surface area contributed by atoms with Gasteiger partial charge < -0.3 is 4.74 Å². The van der Waals surface area contributed by atoms with Gasteiger partial charge in [0.25, 0.3) is 0 Å². The van der Waals surface area contributed by atoms with Crippen LogP contribution in [0.3, 0.4) is 0 Å². The summed E-state index contributed by atoms with van der Waals surface area (Å²) in [7, 11) is 0. The minimum absolute atomic E-state index is 0.305. The molecule has 2 aromatic rings. The van der Waals surface area contributed by atoms with Gasteiger partial charge in [-0.2, -0.15) is 0 Å². The van der Waals surface area contributed by atoms with E-state index in [0.29, 0.717) is 17.2 Å². The summed E-state index contributed by atoms with van der Waals surface area (Å²) in [6.45, 7) is 5.98. The third kappa shape index (κ3) is 2.41. The Morgan fingerprint density at radius 1 is 1.44 bits per heavy atom. The van der Waals surface area contributed by atoms with E-state index in [1.807, 2.05) is 19.9 Å². The predicted octanol–water partition coefficient (Wildman–Crippen LogP) is 3.00. The Labute approximate surface area is 110 Å². The maximum atomic E-state index is 11.7. The Hall–Kier alpha value is -1.75. The standard InChI is InChI=1S/C13H14N2O2S/c1-4-17-13(16)11-9(3)15-12(18-11)10-7-14-6-5-8(10)2/h5-7H,4H2,1-3H3. The molecule has 0 fully saturated rings. The molecule has 5 heteroatoms. The molecule has 0 aromatic carbocycles. The number of carbonyl (C=O) groups excluding carboxylic acids is 1. The number of ether oxygens (including phenoxy) is 1. The molecule has 0 spiro atoms. The van der Waals surface area contributed by atoms with Gasteiger partial charge in [0.1, 0.15) is 9.88 Å². The smallest absolute Gasteiger partial charge is 0.350 e. The summed E-state index contributed by atoms with van der Waals surface area (Å²) < 4.78 is 5.00. The van der Waals surface area contributed by atoms with Crippen molar-refractivity contribution < 1.29 is 9.53 Å². The maximum absolute atomic E-state index is 11.7. The van der Waals surface area contributed by atoms with E-state index in [1.54, 1.807) is 19.3 Å². The summed E-state index contributed by atoms with van der Waals surface area (Å²) >= 11 is 1.35. The lowest BCUT2D eigenvalue weighted by atomic mass is 10.2. The lowest BCUT2D eigenvalue weighted by Gasteiger charge is -1.99. The molecule has 0 aliphatic rings. The molecule has 2 heterocycles. The third-order valence-corrected chi connectivity index (χ3v) is 3.70. The van der Waals surface area contributed by atoms with Gasteiger partial charge in [0.15, 0.2) is 0 Å². The number of thiazole rings is 1. The number of nitrogens with zero attached hydrogens (tertiary/aromatic N) is 2. The van der Waals surface area contributed by atoms with Crippen molar-refractivity contribution in [3.05, 3.63) is 34.6 Å². The fourth-order valence-corrected chi connectivity index (χ4v) is 2.62. The molecule has 0 amide bonds. The van der Waals surface area contributed by atoms with Crippen LogP contribution in [0.2, 0.25) is 0 Å². The molecule has 0 atom stereocenters. The molecule has 4 nitrogen and oxygen atoms in total. The maximum Gasteiger partial charge on any atom is 0.350 e. The van der Waals surface area contributed by atoms with Crippen LogP contribution in [0.15, 0.2) is 18.5 Å². The normalized spacial score (nSPS) is 10.4. The summed E-state index contributed by atoms with van der Waals surface area (Å²) in [4.78, 5) is 20.8. The van der Waals surface area contributed by atoms with Crippen LogP contribution in [-0.4, -0.2) is 22.5 Å². The molecule has 2 rings (SSSR count). The Balaban J connectivity index is 2.41. The molecule has 0 bridgehead atoms. The van der Waals surface area contributed by atoms with Crippen molar-refractivity contribution in [3.63, 3.8) is 0 Å². The van der Waals surface area contributed by atoms with Crippen molar-refractivity contribution in [2.24, 2.45) is 0 Å². The van der Waals surface area contributed by atoms with Crippen molar-refractivity contribution >= 4 is 17.3 Å². The first kappa shape index (κ1) is 12.7. The number of carbonyl (C=O) groups is 1. The molecule has 18 heavy (non-hydrogen) atoms. The predicted molar refractivity (Wildman–Crippen MR) is 70.8 cm³/mol. The highest BCUT2D eigenvalue weighted by atomic mass is 32.1. The average Bonchev–Trinajstić information content (AvgIpc) is 2.72. The largest absolute Gasteiger partial charge is 0.462 e. The quantitative estimate of drug-likeness (QED) is 0.798. The lowest BCUT2D eigenvalue weighted by molar-refractivity contribution is 0.0531. The molecule has 94 valence electrons. The first-order chi connectivity index (χ1) is 8.63. The zero-order chi connectivity index (χ0) is 13.1. The van der Waals surface area contributed by atoms with Gasteiger partial charge in [-0.1, -0.05) is 0 Å². The highest BCUT2D eigenvalue weighted by Gasteiger charge is 2.17. The van der Waals surface area contributed by atoms with Crippen LogP contribution in [0.25, 0.3) is 10.6 Å². The van der Waals surface area contributed by atoms with Crippen LogP contribution < -0.4 is 0 Å². The van der Waals surface area contributed by atoms with Gasteiger partial charge in [0.2, 0.25) is 0 Å². The van der Waals surface area contributed by atoms with Gasteiger partial charge in [-0.05, 0) is 32.4 Å². The summed E-state index contributed by atoms with van der Waals surface area (Å²) in [5, 5.41) is 0.807. The van der Waals surface area contributed by atoms with Crippen molar-refractivity contribution in [3.8, 4) is 10.6 Å². The van der Waals surface area contributed by atoms with E-state index in [-0.39, 0.29) is 5.97 Å². The summed E-state index contributed by atoms with van der Waals surface area (Å²) in [5.74, 6) is -0.305. The van der Waals surface area contributed by atoms with Gasteiger partial charge >= 0.3 is 5.97 Å². The highest BCUT2D eigenvalue weighted by molar-refractivity contribution is 7.17. The van der Waals surface area contributed by atoms with E-state index in [9.17, 15) is 4.79 Å². The van der Waals surface area contributed by atoms with Gasteiger partial charge in [0, 0.05) is 18.0 Å². The lowest BCUT2D eigenvalue weighted by Crippen LogP contribution is -2.03. The molecule has 0 N–H and O–H groups in total. The molecule has 0 saturated carbocycles.